The van der Waals surface area contributed by atoms with Gasteiger partial charge in [0.1, 0.15) is 0 Å². The van der Waals surface area contributed by atoms with Gasteiger partial charge in [0, 0.05) is 18.5 Å². The summed E-state index contributed by atoms with van der Waals surface area (Å²) in [7, 11) is 0. The molecule has 5 nitrogen and oxygen atoms in total. The SMILES string of the molecule is CC(C)Oc1nc(OCCCc2ccncc2)ccc1N. The van der Waals surface area contributed by atoms with Crippen LogP contribution < -0.4 is 15.2 Å². The second kappa shape index (κ2) is 7.47. The molecule has 2 aromatic heterocycles. The van der Waals surface area contributed by atoms with Crippen LogP contribution in [0.15, 0.2) is 36.7 Å². The van der Waals surface area contributed by atoms with Gasteiger partial charge in [-0.3, -0.25) is 4.98 Å². The van der Waals surface area contributed by atoms with E-state index in [9.17, 15) is 0 Å². The Morgan fingerprint density at radius 1 is 1.14 bits per heavy atom. The molecule has 0 fully saturated rings. The highest BCUT2D eigenvalue weighted by Crippen LogP contribution is 2.23. The van der Waals surface area contributed by atoms with Crippen LogP contribution in [0.5, 0.6) is 11.8 Å². The van der Waals surface area contributed by atoms with E-state index in [0.29, 0.717) is 24.1 Å². The van der Waals surface area contributed by atoms with Crippen molar-refractivity contribution in [2.75, 3.05) is 12.3 Å². The lowest BCUT2D eigenvalue weighted by atomic mass is 10.1. The Hall–Kier alpha value is -2.30. The predicted molar refractivity (Wildman–Crippen MR) is 82.5 cm³/mol. The molecule has 0 aliphatic heterocycles. The van der Waals surface area contributed by atoms with E-state index in [1.807, 2.05) is 26.0 Å². The molecule has 21 heavy (non-hydrogen) atoms. The summed E-state index contributed by atoms with van der Waals surface area (Å²) in [4.78, 5) is 8.27. The van der Waals surface area contributed by atoms with E-state index in [0.717, 1.165) is 12.8 Å². The zero-order valence-electron chi connectivity index (χ0n) is 12.5. The number of anilines is 1. The first-order valence-electron chi connectivity index (χ1n) is 7.10. The molecule has 0 spiro atoms. The Labute approximate surface area is 125 Å². The molecule has 112 valence electrons. The van der Waals surface area contributed by atoms with Gasteiger partial charge in [-0.05, 0) is 50.5 Å². The molecular weight excluding hydrogens is 266 g/mol. The van der Waals surface area contributed by atoms with Crippen molar-refractivity contribution >= 4 is 5.69 Å². The Bertz CT molecular complexity index is 559. The van der Waals surface area contributed by atoms with Crippen molar-refractivity contribution in [2.24, 2.45) is 0 Å². The summed E-state index contributed by atoms with van der Waals surface area (Å²) in [5.41, 5.74) is 7.59. The molecule has 0 aromatic carbocycles. The number of hydrogen-bond donors (Lipinski definition) is 1. The van der Waals surface area contributed by atoms with Gasteiger partial charge in [-0.1, -0.05) is 0 Å². The van der Waals surface area contributed by atoms with Crippen LogP contribution >= 0.6 is 0 Å². The molecule has 0 saturated heterocycles. The molecule has 2 N–H and O–H groups in total. The fourth-order valence-electron chi connectivity index (χ4n) is 1.83. The number of aryl methyl sites for hydroxylation is 1. The number of hydrogen-bond acceptors (Lipinski definition) is 5. The number of nitrogens with zero attached hydrogens (tertiary/aromatic N) is 2. The van der Waals surface area contributed by atoms with E-state index in [1.54, 1.807) is 24.5 Å². The van der Waals surface area contributed by atoms with Crippen molar-refractivity contribution in [2.45, 2.75) is 32.8 Å². The molecule has 5 heteroatoms. The lowest BCUT2D eigenvalue weighted by Gasteiger charge is -2.12. The highest BCUT2D eigenvalue weighted by atomic mass is 16.5. The molecule has 0 aliphatic carbocycles. The smallest absolute Gasteiger partial charge is 0.240 e. The normalized spacial score (nSPS) is 10.6. The van der Waals surface area contributed by atoms with Crippen LogP contribution in [0.1, 0.15) is 25.8 Å². The average molecular weight is 287 g/mol. The van der Waals surface area contributed by atoms with E-state index >= 15 is 0 Å². The van der Waals surface area contributed by atoms with Gasteiger partial charge in [-0.2, -0.15) is 4.98 Å². The van der Waals surface area contributed by atoms with Crippen LogP contribution in [0.2, 0.25) is 0 Å². The number of pyridine rings is 2. The van der Waals surface area contributed by atoms with E-state index in [-0.39, 0.29) is 6.10 Å². The van der Waals surface area contributed by atoms with Crippen LogP contribution in [0.25, 0.3) is 0 Å². The van der Waals surface area contributed by atoms with Gasteiger partial charge in [0.2, 0.25) is 11.8 Å². The minimum Gasteiger partial charge on any atom is -0.478 e. The van der Waals surface area contributed by atoms with Crippen LogP contribution in [-0.4, -0.2) is 22.7 Å². The van der Waals surface area contributed by atoms with E-state index < -0.39 is 0 Å². The van der Waals surface area contributed by atoms with Gasteiger partial charge >= 0.3 is 0 Å². The Balaban J connectivity index is 1.83. The van der Waals surface area contributed by atoms with Gasteiger partial charge in [-0.25, -0.2) is 0 Å². The molecule has 0 amide bonds. The minimum atomic E-state index is 0.0294. The first kappa shape index (κ1) is 15.1. The number of ether oxygens (including phenoxy) is 2. The fourth-order valence-corrected chi connectivity index (χ4v) is 1.83. The topological polar surface area (TPSA) is 70.3 Å². The van der Waals surface area contributed by atoms with Crippen LogP contribution in [0, 0.1) is 0 Å². The van der Waals surface area contributed by atoms with Crippen LogP contribution in [0.3, 0.4) is 0 Å². The molecule has 0 saturated carbocycles. The van der Waals surface area contributed by atoms with Crippen LogP contribution in [0.4, 0.5) is 5.69 Å². The number of nitrogen functional groups attached to an aromatic ring is 1. The largest absolute Gasteiger partial charge is 0.478 e. The average Bonchev–Trinajstić information content (AvgIpc) is 2.47. The maximum atomic E-state index is 5.82. The molecule has 2 aromatic rings. The lowest BCUT2D eigenvalue weighted by Crippen LogP contribution is -2.10. The summed E-state index contributed by atoms with van der Waals surface area (Å²) in [6, 6.07) is 7.53. The summed E-state index contributed by atoms with van der Waals surface area (Å²) < 4.78 is 11.2. The van der Waals surface area contributed by atoms with Gasteiger partial charge in [-0.15, -0.1) is 0 Å². The lowest BCUT2D eigenvalue weighted by molar-refractivity contribution is 0.227. The molecule has 2 rings (SSSR count). The maximum Gasteiger partial charge on any atom is 0.240 e. The monoisotopic (exact) mass is 287 g/mol. The molecule has 2 heterocycles. The summed E-state index contributed by atoms with van der Waals surface area (Å²) in [5, 5.41) is 0. The molecule has 0 aliphatic rings. The second-order valence-electron chi connectivity index (χ2n) is 5.02. The van der Waals surface area contributed by atoms with Crippen molar-refractivity contribution in [3.63, 3.8) is 0 Å². The standard InChI is InChI=1S/C16H21N3O2/c1-12(2)21-16-14(17)5-6-15(19-16)20-11-3-4-13-7-9-18-10-8-13/h5-10,12H,3-4,11,17H2,1-2H3. The highest BCUT2D eigenvalue weighted by molar-refractivity contribution is 5.49. The quantitative estimate of drug-likeness (QED) is 0.793. The third-order valence-electron chi connectivity index (χ3n) is 2.82. The minimum absolute atomic E-state index is 0.0294. The molecular formula is C16H21N3O2. The first-order valence-corrected chi connectivity index (χ1v) is 7.10. The Morgan fingerprint density at radius 3 is 2.62 bits per heavy atom. The third kappa shape index (κ3) is 4.95. The zero-order chi connectivity index (χ0) is 15.1. The van der Waals surface area contributed by atoms with E-state index in [1.165, 1.54) is 5.56 Å². The van der Waals surface area contributed by atoms with E-state index in [2.05, 4.69) is 9.97 Å². The predicted octanol–water partition coefficient (Wildman–Crippen LogP) is 2.86. The molecule has 0 atom stereocenters. The fraction of sp³-hybridized carbons (Fsp3) is 0.375. The van der Waals surface area contributed by atoms with Crippen molar-refractivity contribution in [1.82, 2.24) is 9.97 Å². The van der Waals surface area contributed by atoms with Crippen molar-refractivity contribution in [3.8, 4) is 11.8 Å². The molecule has 0 unspecified atom stereocenters. The maximum absolute atomic E-state index is 5.82. The van der Waals surface area contributed by atoms with Gasteiger partial charge in [0.15, 0.2) is 0 Å². The Kier molecular flexibility index (Phi) is 5.37. The number of nitrogens with two attached hydrogens (primary N) is 1. The molecule has 0 radical (unpaired) electrons. The first-order chi connectivity index (χ1) is 10.1. The van der Waals surface area contributed by atoms with Crippen LogP contribution in [-0.2, 0) is 6.42 Å². The van der Waals surface area contributed by atoms with E-state index in [4.69, 9.17) is 15.2 Å². The second-order valence-corrected chi connectivity index (χ2v) is 5.02. The summed E-state index contributed by atoms with van der Waals surface area (Å²) in [6.07, 6.45) is 5.49. The van der Waals surface area contributed by atoms with Crippen molar-refractivity contribution in [1.29, 1.82) is 0 Å². The highest BCUT2D eigenvalue weighted by Gasteiger charge is 2.07. The van der Waals surface area contributed by atoms with Gasteiger partial charge in [0.25, 0.3) is 0 Å². The summed E-state index contributed by atoms with van der Waals surface area (Å²) >= 11 is 0. The molecule has 0 bridgehead atoms. The number of aromatic nitrogens is 2. The third-order valence-corrected chi connectivity index (χ3v) is 2.82. The summed E-state index contributed by atoms with van der Waals surface area (Å²) in [6.45, 7) is 4.47. The van der Waals surface area contributed by atoms with Crippen molar-refractivity contribution < 1.29 is 9.47 Å². The number of rotatable bonds is 7. The zero-order valence-corrected chi connectivity index (χ0v) is 12.5. The van der Waals surface area contributed by atoms with Gasteiger partial charge in [0.05, 0.1) is 18.4 Å². The van der Waals surface area contributed by atoms with Gasteiger partial charge < -0.3 is 15.2 Å². The summed E-state index contributed by atoms with van der Waals surface area (Å²) in [5.74, 6) is 0.964. The Morgan fingerprint density at radius 2 is 1.90 bits per heavy atom. The van der Waals surface area contributed by atoms with Crippen molar-refractivity contribution in [3.05, 3.63) is 42.2 Å².